The van der Waals surface area contributed by atoms with E-state index in [1.54, 1.807) is 11.8 Å². The van der Waals surface area contributed by atoms with E-state index in [1.807, 2.05) is 0 Å². The van der Waals surface area contributed by atoms with E-state index >= 15 is 0 Å². The third-order valence-electron chi connectivity index (χ3n) is 3.24. The quantitative estimate of drug-likeness (QED) is 0.222. The molecule has 0 heterocycles. The van der Waals surface area contributed by atoms with Crippen molar-refractivity contribution >= 4 is 36.3 Å². The number of thioether (sulfide) groups is 1. The van der Waals surface area contributed by atoms with E-state index in [9.17, 15) is 0 Å². The first-order valence-electron chi connectivity index (χ1n) is 8.02. The molecule has 2 aromatic carbocycles. The van der Waals surface area contributed by atoms with Gasteiger partial charge in [-0.25, -0.2) is 0 Å². The number of hydrogen-bond acceptors (Lipinski definition) is 1. The maximum absolute atomic E-state index is 3.48. The average molecular weight is 434 g/mol. The van der Waals surface area contributed by atoms with Crippen LogP contribution in [0.1, 0.15) is 38.2 Å². The van der Waals surface area contributed by atoms with Crippen molar-refractivity contribution in [2.24, 2.45) is 0 Å². The first-order chi connectivity index (χ1) is 11.4. The molecular formula is C21H22STe. The third-order valence-corrected chi connectivity index (χ3v) is 6.95. The van der Waals surface area contributed by atoms with Gasteiger partial charge in [-0.2, -0.15) is 0 Å². The molecule has 0 spiro atoms. The van der Waals surface area contributed by atoms with Gasteiger partial charge in [0, 0.05) is 0 Å². The zero-order chi connectivity index (χ0) is 16.2. The Morgan fingerprint density at radius 3 is 2.39 bits per heavy atom. The van der Waals surface area contributed by atoms with Crippen molar-refractivity contribution in [3.63, 3.8) is 0 Å². The van der Waals surface area contributed by atoms with Crippen LogP contribution in [0, 0.1) is 9.89 Å². The number of benzene rings is 2. The third kappa shape index (κ3) is 7.32. The Bertz CT molecular complexity index is 650. The number of unbranched alkanes of at least 4 members (excludes halogenated alkanes) is 3. The number of rotatable bonds is 7. The molecule has 0 amide bonds. The van der Waals surface area contributed by atoms with Crippen molar-refractivity contribution in [1.82, 2.24) is 0 Å². The van der Waals surface area contributed by atoms with Crippen molar-refractivity contribution < 1.29 is 0 Å². The van der Waals surface area contributed by atoms with Crippen LogP contribution in [0.5, 0.6) is 0 Å². The van der Waals surface area contributed by atoms with Crippen LogP contribution in [-0.4, -0.2) is 20.9 Å². The van der Waals surface area contributed by atoms with E-state index in [-0.39, 0.29) is 0 Å². The van der Waals surface area contributed by atoms with Gasteiger partial charge in [0.05, 0.1) is 0 Å². The van der Waals surface area contributed by atoms with Crippen molar-refractivity contribution in [2.75, 3.05) is 0 Å². The molecule has 0 saturated carbocycles. The summed E-state index contributed by atoms with van der Waals surface area (Å²) in [6, 6.07) is 21.2. The molecule has 0 unspecified atom stereocenters. The zero-order valence-electron chi connectivity index (χ0n) is 13.5. The predicted octanol–water partition coefficient (Wildman–Crippen LogP) is 6.02. The Morgan fingerprint density at radius 2 is 1.70 bits per heavy atom. The molecule has 0 atom stereocenters. The van der Waals surface area contributed by atoms with Crippen LogP contribution >= 0.6 is 11.8 Å². The van der Waals surface area contributed by atoms with E-state index < -0.39 is 20.9 Å². The van der Waals surface area contributed by atoms with Gasteiger partial charge >= 0.3 is 155 Å². The van der Waals surface area contributed by atoms with Gasteiger partial charge in [0.2, 0.25) is 0 Å². The van der Waals surface area contributed by atoms with Gasteiger partial charge in [-0.15, -0.1) is 0 Å². The van der Waals surface area contributed by atoms with Crippen LogP contribution in [0.3, 0.4) is 0 Å². The Morgan fingerprint density at radius 1 is 1.00 bits per heavy atom. The summed E-state index contributed by atoms with van der Waals surface area (Å²) in [6.07, 6.45) is 4.84. The molecule has 0 N–H and O–H groups in total. The molecule has 0 nitrogen and oxygen atoms in total. The molecule has 0 aromatic heterocycles. The van der Waals surface area contributed by atoms with Crippen LogP contribution < -0.4 is 0 Å². The summed E-state index contributed by atoms with van der Waals surface area (Å²) in [4.78, 5) is 1.28. The molecule has 0 saturated heterocycles. The van der Waals surface area contributed by atoms with Gasteiger partial charge in [-0.05, 0) is 0 Å². The summed E-state index contributed by atoms with van der Waals surface area (Å²) in [5.41, 5.74) is 1.32. The van der Waals surface area contributed by atoms with Crippen molar-refractivity contribution in [3.05, 3.63) is 71.6 Å². The summed E-state index contributed by atoms with van der Waals surface area (Å²) in [5, 5.41) is 2.30. The Balaban J connectivity index is 2.03. The Hall–Kier alpha value is -1.12. The molecule has 0 aliphatic carbocycles. The van der Waals surface area contributed by atoms with E-state index in [4.69, 9.17) is 0 Å². The Labute approximate surface area is 154 Å². The molecule has 2 rings (SSSR count). The summed E-state index contributed by atoms with van der Waals surface area (Å²) >= 11 is 1.34. The maximum atomic E-state index is 3.48. The molecule has 0 radical (unpaired) electrons. The molecule has 0 bridgehead atoms. The number of hydrogen-bond donors (Lipinski definition) is 0. The first kappa shape index (κ1) is 18.2. The molecule has 2 heteroatoms. The normalized spacial score (nSPS) is 10.9. The zero-order valence-corrected chi connectivity index (χ0v) is 16.6. The first-order valence-corrected chi connectivity index (χ1v) is 11.2. The van der Waals surface area contributed by atoms with Crippen LogP contribution in [0.15, 0.2) is 71.0 Å². The second kappa shape index (κ2) is 11.4. The van der Waals surface area contributed by atoms with Crippen LogP contribution in [0.2, 0.25) is 0 Å². The topological polar surface area (TPSA) is 0 Å². The van der Waals surface area contributed by atoms with Gasteiger partial charge in [0.25, 0.3) is 0 Å². The standard InChI is InChI=1S/C21H22STe/c1-2-3-4-5-12-17-23-21(19-13-8-6-9-14-19)18-22-20-15-10-7-11-16-20/h6-11,13-16,18H,2-5H2,1H3/b21-18-. The molecule has 0 aliphatic rings. The van der Waals surface area contributed by atoms with Gasteiger partial charge in [-0.3, -0.25) is 0 Å². The van der Waals surface area contributed by atoms with E-state index in [0.717, 1.165) is 6.42 Å². The fourth-order valence-electron chi connectivity index (χ4n) is 1.98. The van der Waals surface area contributed by atoms with Gasteiger partial charge in [-0.1, -0.05) is 0 Å². The molecular weight excluding hydrogens is 412 g/mol. The second-order valence-corrected chi connectivity index (χ2v) is 8.48. The minimum atomic E-state index is -0.457. The molecule has 2 aromatic rings. The van der Waals surface area contributed by atoms with E-state index in [0.29, 0.717) is 0 Å². The fourth-order valence-corrected chi connectivity index (χ4v) is 5.08. The molecule has 0 aliphatic heterocycles. The molecule has 0 fully saturated rings. The van der Waals surface area contributed by atoms with Crippen LogP contribution in [0.25, 0.3) is 3.62 Å². The van der Waals surface area contributed by atoms with Crippen molar-refractivity contribution in [1.29, 1.82) is 0 Å². The van der Waals surface area contributed by atoms with E-state index in [2.05, 4.69) is 82.9 Å². The summed E-state index contributed by atoms with van der Waals surface area (Å²) in [7, 11) is 0. The van der Waals surface area contributed by atoms with E-state index in [1.165, 1.54) is 33.3 Å². The average Bonchev–Trinajstić information content (AvgIpc) is 2.62. The van der Waals surface area contributed by atoms with Gasteiger partial charge in [0.15, 0.2) is 0 Å². The fraction of sp³-hybridized carbons (Fsp3) is 0.238. The predicted molar refractivity (Wildman–Crippen MR) is 104 cm³/mol. The minimum absolute atomic E-state index is 0.457. The van der Waals surface area contributed by atoms with Gasteiger partial charge in [0.1, 0.15) is 0 Å². The van der Waals surface area contributed by atoms with Crippen LogP contribution in [0.4, 0.5) is 0 Å². The van der Waals surface area contributed by atoms with Crippen molar-refractivity contribution in [3.8, 4) is 9.89 Å². The van der Waals surface area contributed by atoms with Crippen molar-refractivity contribution in [2.45, 2.75) is 37.5 Å². The SMILES string of the molecule is CCCCCC#C[Te]/C(=C\Sc1ccccc1)c1ccccc1. The Kier molecular flexibility index (Phi) is 9.05. The molecule has 118 valence electrons. The summed E-state index contributed by atoms with van der Waals surface area (Å²) in [5.74, 6) is 3.38. The van der Waals surface area contributed by atoms with Crippen LogP contribution in [-0.2, 0) is 0 Å². The summed E-state index contributed by atoms with van der Waals surface area (Å²) in [6.45, 7) is 2.23. The second-order valence-electron chi connectivity index (χ2n) is 5.12. The monoisotopic (exact) mass is 436 g/mol. The molecule has 23 heavy (non-hydrogen) atoms. The summed E-state index contributed by atoms with van der Waals surface area (Å²) < 4.78 is 4.90. The van der Waals surface area contributed by atoms with Gasteiger partial charge < -0.3 is 0 Å².